The molecule has 1 atom stereocenters. The molecule has 3 aliphatic carbocycles. The van der Waals surface area contributed by atoms with Crippen molar-refractivity contribution in [2.24, 2.45) is 5.92 Å². The van der Waals surface area contributed by atoms with Crippen LogP contribution in [0, 0.1) is 5.92 Å². The molecule has 0 spiro atoms. The second kappa shape index (κ2) is 12.3. The second-order valence-electron chi connectivity index (χ2n) is 17.5. The van der Waals surface area contributed by atoms with Crippen LogP contribution in [0.25, 0.3) is 11.1 Å². The third-order valence-corrected chi connectivity index (χ3v) is 26.0. The molecule has 46 heavy (non-hydrogen) atoms. The maximum absolute atomic E-state index is 5.26. The molecule has 0 aromatic heterocycles. The number of allylic oxidation sites excluding steroid dienone is 5. The minimum atomic E-state index is -3.62. The van der Waals surface area contributed by atoms with Crippen LogP contribution in [0.2, 0.25) is 3.63 Å². The Kier molecular flexibility index (Phi) is 9.02. The average molecular weight is 690 g/mol. The first-order chi connectivity index (χ1) is 21.6. The molecule has 0 heterocycles. The minimum absolute atomic E-state index is 0.0962. The van der Waals surface area contributed by atoms with Crippen molar-refractivity contribution in [3.05, 3.63) is 128 Å². The van der Waals surface area contributed by atoms with E-state index < -0.39 is 20.3 Å². The molecule has 3 aromatic carbocycles. The molecule has 0 saturated heterocycles. The zero-order chi connectivity index (χ0) is 33.2. The Bertz CT molecular complexity index is 1590. The summed E-state index contributed by atoms with van der Waals surface area (Å²) in [6.07, 6.45) is 13.9. The molecular formula is C45H58Zr. The fourth-order valence-electron chi connectivity index (χ4n) is 8.44. The van der Waals surface area contributed by atoms with E-state index in [-0.39, 0.29) is 10.8 Å². The first kappa shape index (κ1) is 33.7. The topological polar surface area (TPSA) is 0 Å². The van der Waals surface area contributed by atoms with Crippen molar-refractivity contribution >= 4 is 0 Å². The maximum atomic E-state index is 5.26. The average Bonchev–Trinajstić information content (AvgIpc) is 3.60. The van der Waals surface area contributed by atoms with E-state index in [1.807, 2.05) is 0 Å². The summed E-state index contributed by atoms with van der Waals surface area (Å²) in [4.78, 5) is 0. The van der Waals surface area contributed by atoms with Gasteiger partial charge in [-0.1, -0.05) is 0 Å². The fourth-order valence-corrected chi connectivity index (χ4v) is 23.9. The van der Waals surface area contributed by atoms with E-state index >= 15 is 0 Å². The van der Waals surface area contributed by atoms with Gasteiger partial charge < -0.3 is 0 Å². The van der Waals surface area contributed by atoms with E-state index in [1.165, 1.54) is 56.8 Å². The quantitative estimate of drug-likeness (QED) is 0.221. The third kappa shape index (κ3) is 5.98. The molecule has 0 nitrogen and oxygen atoms in total. The van der Waals surface area contributed by atoms with Crippen molar-refractivity contribution in [2.45, 2.75) is 123 Å². The Hall–Kier alpha value is -2.24. The van der Waals surface area contributed by atoms with Crippen molar-refractivity contribution in [3.63, 3.8) is 0 Å². The Morgan fingerprint density at radius 1 is 0.717 bits per heavy atom. The van der Waals surface area contributed by atoms with Crippen LogP contribution < -0.4 is 0 Å². The third-order valence-electron chi connectivity index (χ3n) is 11.7. The van der Waals surface area contributed by atoms with Crippen LogP contribution in [0.3, 0.4) is 0 Å². The van der Waals surface area contributed by atoms with Gasteiger partial charge in [0.25, 0.3) is 0 Å². The van der Waals surface area contributed by atoms with Gasteiger partial charge in [0.05, 0.1) is 0 Å². The molecule has 0 aliphatic heterocycles. The first-order valence-corrected chi connectivity index (χ1v) is 23.9. The molecule has 1 fully saturated rings. The molecule has 1 heteroatoms. The van der Waals surface area contributed by atoms with Gasteiger partial charge in [0.1, 0.15) is 0 Å². The van der Waals surface area contributed by atoms with Gasteiger partial charge in [0.15, 0.2) is 0 Å². The molecule has 1 unspecified atom stereocenters. The number of benzene rings is 3. The normalized spacial score (nSPS) is 18.3. The number of hydrogen-bond donors (Lipinski definition) is 0. The zero-order valence-electron chi connectivity index (χ0n) is 30.4. The van der Waals surface area contributed by atoms with Gasteiger partial charge in [-0.25, -0.2) is 0 Å². The molecule has 3 aliphatic rings. The van der Waals surface area contributed by atoms with E-state index in [2.05, 4.69) is 148 Å². The summed E-state index contributed by atoms with van der Waals surface area (Å²) < 4.78 is 3.81. The van der Waals surface area contributed by atoms with Crippen LogP contribution in [0.5, 0.6) is 0 Å². The molecule has 1 saturated carbocycles. The summed E-state index contributed by atoms with van der Waals surface area (Å²) in [5, 5.41) is 0. The number of fused-ring (bicyclic) bond motifs is 3. The van der Waals surface area contributed by atoms with Crippen molar-refractivity contribution in [2.75, 3.05) is 0 Å². The fraction of sp³-hybridized carbons (Fsp3) is 0.467. The Balaban J connectivity index is 1.68. The van der Waals surface area contributed by atoms with Crippen LogP contribution in [0.4, 0.5) is 0 Å². The van der Waals surface area contributed by atoms with Crippen LogP contribution in [0.1, 0.15) is 143 Å². The summed E-state index contributed by atoms with van der Waals surface area (Å²) in [6, 6.07) is 22.7. The number of hydrogen-bond acceptors (Lipinski definition) is 0. The summed E-state index contributed by atoms with van der Waals surface area (Å²) in [7, 11) is 0. The van der Waals surface area contributed by atoms with Gasteiger partial charge in [-0.05, 0) is 0 Å². The monoisotopic (exact) mass is 688 g/mol. The standard InChI is InChI=1S/C21H25.C13H19.C6H9.C5H5.Zr/c1-20(2,3)16-7-9-18-14(12-16)11-15-13-17(21(4,5)6)8-10-19(15)18;1-9(2)12-6-11(5)7-13(8-12)10(3)4;1-2-6-4-3-5-6;1-2-4-5-3-1;/h7-13H,1-6H3;6-10H,5H2,1-4H3;6H,1,3-5H2;1-5H;. The molecular weight excluding hydrogens is 632 g/mol. The van der Waals surface area contributed by atoms with E-state index in [4.69, 9.17) is 6.58 Å². The van der Waals surface area contributed by atoms with E-state index in [1.54, 1.807) is 20.0 Å². The Morgan fingerprint density at radius 3 is 1.59 bits per heavy atom. The van der Waals surface area contributed by atoms with Crippen molar-refractivity contribution in [1.29, 1.82) is 0 Å². The molecule has 0 amide bonds. The summed E-state index contributed by atoms with van der Waals surface area (Å²) >= 11 is -3.62. The Morgan fingerprint density at radius 2 is 1.20 bits per heavy atom. The summed E-state index contributed by atoms with van der Waals surface area (Å²) in [5.41, 5.74) is 13.8. The van der Waals surface area contributed by atoms with Gasteiger partial charge in [0.2, 0.25) is 0 Å². The first-order valence-electron chi connectivity index (χ1n) is 18.1. The molecule has 6 rings (SSSR count). The number of rotatable bonds is 8. The second-order valence-corrected chi connectivity index (χ2v) is 28.1. The Labute approximate surface area is 285 Å². The van der Waals surface area contributed by atoms with Crippen LogP contribution in [-0.4, -0.2) is 0 Å². The molecule has 3 aromatic rings. The van der Waals surface area contributed by atoms with Crippen molar-refractivity contribution in [1.82, 2.24) is 0 Å². The van der Waals surface area contributed by atoms with Crippen molar-refractivity contribution in [3.8, 4) is 11.1 Å². The van der Waals surface area contributed by atoms with Gasteiger partial charge in [-0.15, -0.1) is 0 Å². The van der Waals surface area contributed by atoms with Gasteiger partial charge in [0, 0.05) is 0 Å². The predicted molar refractivity (Wildman–Crippen MR) is 198 cm³/mol. The van der Waals surface area contributed by atoms with E-state index in [0.29, 0.717) is 25.0 Å². The van der Waals surface area contributed by atoms with E-state index in [9.17, 15) is 0 Å². The van der Waals surface area contributed by atoms with Gasteiger partial charge in [-0.3, -0.25) is 0 Å². The summed E-state index contributed by atoms with van der Waals surface area (Å²) in [6.45, 7) is 29.0. The molecule has 0 radical (unpaired) electrons. The van der Waals surface area contributed by atoms with Crippen molar-refractivity contribution < 1.29 is 20.3 Å². The SMILES string of the molecule is C=[C](C1CCC1)[Zr]([CH2]c1cc(C(C)C)cc(C(C)C)c1)([CH]1C=CC=C1)[CH]1c2cc(C(C)(C)C)ccc2-c2ccc(C(C)(C)C)cc21. The predicted octanol–water partition coefficient (Wildman–Crippen LogP) is 13.2. The zero-order valence-corrected chi connectivity index (χ0v) is 32.9. The van der Waals surface area contributed by atoms with Crippen LogP contribution in [-0.2, 0) is 35.2 Å². The van der Waals surface area contributed by atoms with Crippen LogP contribution >= 0.6 is 0 Å². The van der Waals surface area contributed by atoms with Crippen LogP contribution in [0.15, 0.2) is 88.8 Å². The van der Waals surface area contributed by atoms with E-state index in [0.717, 1.165) is 0 Å². The van der Waals surface area contributed by atoms with Gasteiger partial charge in [-0.2, -0.15) is 0 Å². The summed E-state index contributed by atoms with van der Waals surface area (Å²) in [5.74, 6) is 1.69. The molecule has 0 bridgehead atoms. The van der Waals surface area contributed by atoms with Gasteiger partial charge >= 0.3 is 288 Å². The molecule has 242 valence electrons. The molecule has 0 N–H and O–H groups in total.